The standard InChI is InChI=1S/C25H36FN5O4/c1-23(2,3)35-22(34)30-12-11-25(26,15-30)21(33)31-13-24(14-31)10-6-9-18(24)27-20(32)19-16-7-4-5-8-17(16)28-29-19/h18H,4-15H2,1-3H3,(H,27,32)(H,28,29)/t18-,25+/m1/s1. The number of hydrogen-bond donors (Lipinski definition) is 2. The number of aromatic nitrogens is 2. The number of hydrogen-bond acceptors (Lipinski definition) is 5. The molecule has 3 heterocycles. The fraction of sp³-hybridized carbons (Fsp3) is 0.760. The van der Waals surface area contributed by atoms with E-state index in [2.05, 4.69) is 15.5 Å². The highest BCUT2D eigenvalue weighted by atomic mass is 19.1. The van der Waals surface area contributed by atoms with Gasteiger partial charge in [0.15, 0.2) is 5.69 Å². The van der Waals surface area contributed by atoms with Gasteiger partial charge in [0.2, 0.25) is 5.67 Å². The number of alkyl halides is 1. The van der Waals surface area contributed by atoms with Crippen LogP contribution in [0.5, 0.6) is 0 Å². The first-order valence-corrected chi connectivity index (χ1v) is 12.8. The van der Waals surface area contributed by atoms with Crippen molar-refractivity contribution in [3.05, 3.63) is 17.0 Å². The summed E-state index contributed by atoms with van der Waals surface area (Å²) in [6, 6.07) is -0.0626. The number of likely N-dealkylation sites (tertiary alicyclic amines) is 2. The van der Waals surface area contributed by atoms with Crippen LogP contribution in [-0.4, -0.2) is 81.4 Å². The molecule has 1 aromatic heterocycles. The average Bonchev–Trinajstić information content (AvgIpc) is 3.48. The van der Waals surface area contributed by atoms with Crippen molar-refractivity contribution in [2.24, 2.45) is 5.41 Å². The fourth-order valence-corrected chi connectivity index (χ4v) is 6.21. The van der Waals surface area contributed by atoms with Crippen molar-refractivity contribution in [1.82, 2.24) is 25.3 Å². The number of nitrogens with zero attached hydrogens (tertiary/aromatic N) is 3. The fourth-order valence-electron chi connectivity index (χ4n) is 6.21. The van der Waals surface area contributed by atoms with Crippen molar-refractivity contribution in [3.8, 4) is 0 Å². The molecule has 0 aromatic carbocycles. The summed E-state index contributed by atoms with van der Waals surface area (Å²) in [5.74, 6) is -0.723. The van der Waals surface area contributed by atoms with Gasteiger partial charge in [-0.1, -0.05) is 6.42 Å². The van der Waals surface area contributed by atoms with Gasteiger partial charge in [0, 0.05) is 48.8 Å². The molecule has 3 amide bonds. The summed E-state index contributed by atoms with van der Waals surface area (Å²) < 4.78 is 21.0. The predicted molar refractivity (Wildman–Crippen MR) is 126 cm³/mol. The molecule has 1 aromatic rings. The number of carbonyl (C=O) groups excluding carboxylic acids is 3. The second-order valence-electron chi connectivity index (χ2n) is 11.8. The molecular weight excluding hydrogens is 453 g/mol. The van der Waals surface area contributed by atoms with Gasteiger partial charge in [-0.2, -0.15) is 5.10 Å². The summed E-state index contributed by atoms with van der Waals surface area (Å²) in [6.45, 7) is 5.99. The van der Waals surface area contributed by atoms with Crippen molar-refractivity contribution < 1.29 is 23.5 Å². The Morgan fingerprint density at radius 3 is 2.57 bits per heavy atom. The summed E-state index contributed by atoms with van der Waals surface area (Å²) in [6.07, 6.45) is 6.03. The number of ether oxygens (including phenoxy) is 1. The van der Waals surface area contributed by atoms with Crippen LogP contribution < -0.4 is 5.32 Å². The van der Waals surface area contributed by atoms with Gasteiger partial charge >= 0.3 is 6.09 Å². The van der Waals surface area contributed by atoms with E-state index in [1.165, 1.54) is 4.90 Å². The van der Waals surface area contributed by atoms with Gasteiger partial charge in [-0.25, -0.2) is 9.18 Å². The van der Waals surface area contributed by atoms with Crippen LogP contribution in [0.25, 0.3) is 0 Å². The Hall–Kier alpha value is -2.65. The van der Waals surface area contributed by atoms with Crippen LogP contribution in [0.4, 0.5) is 9.18 Å². The quantitative estimate of drug-likeness (QED) is 0.679. The highest BCUT2D eigenvalue weighted by molar-refractivity contribution is 5.94. The summed E-state index contributed by atoms with van der Waals surface area (Å²) >= 11 is 0. The molecule has 0 unspecified atom stereocenters. The molecule has 2 aliphatic heterocycles. The van der Waals surface area contributed by atoms with E-state index in [-0.39, 0.29) is 36.9 Å². The number of carbonyl (C=O) groups is 3. The number of amides is 3. The van der Waals surface area contributed by atoms with Crippen LogP contribution in [-0.2, 0) is 22.4 Å². The number of nitrogens with one attached hydrogen (secondary N) is 2. The minimum atomic E-state index is -2.09. The monoisotopic (exact) mass is 489 g/mol. The van der Waals surface area contributed by atoms with Gasteiger partial charge in [-0.3, -0.25) is 14.7 Å². The maximum Gasteiger partial charge on any atom is 0.410 e. The Kier molecular flexibility index (Phi) is 5.83. The van der Waals surface area contributed by atoms with Crippen LogP contribution in [0.2, 0.25) is 0 Å². The first-order valence-electron chi connectivity index (χ1n) is 12.8. The molecule has 2 N–H and O–H groups in total. The third-order valence-corrected chi connectivity index (χ3v) is 8.04. The largest absolute Gasteiger partial charge is 0.444 e. The number of aryl methyl sites for hydroxylation is 1. The topological polar surface area (TPSA) is 108 Å². The van der Waals surface area contributed by atoms with E-state index in [1.54, 1.807) is 25.7 Å². The predicted octanol–water partition coefficient (Wildman–Crippen LogP) is 2.75. The zero-order chi connectivity index (χ0) is 25.0. The summed E-state index contributed by atoms with van der Waals surface area (Å²) in [5.41, 5.74) is -0.408. The van der Waals surface area contributed by atoms with E-state index < -0.39 is 23.3 Å². The van der Waals surface area contributed by atoms with E-state index in [4.69, 9.17) is 4.74 Å². The van der Waals surface area contributed by atoms with Crippen molar-refractivity contribution in [1.29, 1.82) is 0 Å². The van der Waals surface area contributed by atoms with E-state index in [9.17, 15) is 14.4 Å². The van der Waals surface area contributed by atoms with Crippen LogP contribution in [0.3, 0.4) is 0 Å². The molecule has 35 heavy (non-hydrogen) atoms. The lowest BCUT2D eigenvalue weighted by Crippen LogP contribution is -2.67. The van der Waals surface area contributed by atoms with Crippen molar-refractivity contribution in [3.63, 3.8) is 0 Å². The minimum absolute atomic E-state index is 0.0288. The van der Waals surface area contributed by atoms with E-state index in [0.717, 1.165) is 56.2 Å². The number of H-pyrrole nitrogens is 1. The zero-order valence-corrected chi connectivity index (χ0v) is 20.9. The van der Waals surface area contributed by atoms with Crippen LogP contribution >= 0.6 is 0 Å². The number of rotatable bonds is 3. The molecule has 2 aliphatic carbocycles. The minimum Gasteiger partial charge on any atom is -0.444 e. The Bertz CT molecular complexity index is 1030. The van der Waals surface area contributed by atoms with Crippen LogP contribution in [0.1, 0.15) is 81.0 Å². The average molecular weight is 490 g/mol. The molecule has 5 rings (SSSR count). The second-order valence-corrected chi connectivity index (χ2v) is 11.8. The second kappa shape index (κ2) is 8.48. The molecule has 2 atom stereocenters. The molecule has 0 radical (unpaired) electrons. The van der Waals surface area contributed by atoms with Gasteiger partial charge in [0.05, 0.1) is 6.54 Å². The summed E-state index contributed by atoms with van der Waals surface area (Å²) in [5, 5.41) is 10.5. The molecule has 3 fully saturated rings. The van der Waals surface area contributed by atoms with E-state index in [1.807, 2.05) is 0 Å². The van der Waals surface area contributed by atoms with Gasteiger partial charge in [0.1, 0.15) is 5.60 Å². The molecule has 2 saturated heterocycles. The lowest BCUT2D eigenvalue weighted by molar-refractivity contribution is -0.156. The van der Waals surface area contributed by atoms with Crippen molar-refractivity contribution in [2.75, 3.05) is 26.2 Å². The number of halogens is 1. The number of fused-ring (bicyclic) bond motifs is 1. The number of aromatic amines is 1. The van der Waals surface area contributed by atoms with Gasteiger partial charge in [-0.05, 0) is 59.3 Å². The van der Waals surface area contributed by atoms with Crippen molar-refractivity contribution >= 4 is 17.9 Å². The maximum atomic E-state index is 15.6. The molecule has 4 aliphatic rings. The Morgan fingerprint density at radius 2 is 1.83 bits per heavy atom. The molecule has 192 valence electrons. The summed E-state index contributed by atoms with van der Waals surface area (Å²) in [4.78, 5) is 41.3. The third kappa shape index (κ3) is 4.40. The molecule has 10 heteroatoms. The lowest BCUT2D eigenvalue weighted by Gasteiger charge is -2.52. The maximum absolute atomic E-state index is 15.6. The van der Waals surface area contributed by atoms with Gasteiger partial charge in [0.25, 0.3) is 11.8 Å². The molecule has 0 bridgehead atoms. The van der Waals surface area contributed by atoms with E-state index in [0.29, 0.717) is 18.8 Å². The van der Waals surface area contributed by atoms with Gasteiger partial charge < -0.3 is 19.9 Å². The highest BCUT2D eigenvalue weighted by Crippen LogP contribution is 2.47. The first kappa shape index (κ1) is 24.1. The smallest absolute Gasteiger partial charge is 0.410 e. The lowest BCUT2D eigenvalue weighted by atomic mass is 9.74. The molecular formula is C25H36FN5O4. The third-order valence-electron chi connectivity index (χ3n) is 8.04. The SMILES string of the molecule is CC(C)(C)OC(=O)N1CC[C@@](F)(C(=O)N2CC3(CCC[C@H]3NC(=O)c3n[nH]c4c3CCCC4)C2)C1. The van der Waals surface area contributed by atoms with Gasteiger partial charge in [-0.15, -0.1) is 0 Å². The highest BCUT2D eigenvalue weighted by Gasteiger charge is 2.58. The Labute approximate surface area is 205 Å². The van der Waals surface area contributed by atoms with E-state index >= 15 is 4.39 Å². The molecule has 9 nitrogen and oxygen atoms in total. The summed E-state index contributed by atoms with van der Waals surface area (Å²) in [7, 11) is 0. The molecule has 1 saturated carbocycles. The van der Waals surface area contributed by atoms with Crippen molar-refractivity contribution in [2.45, 2.75) is 89.4 Å². The molecule has 1 spiro atoms. The first-order chi connectivity index (χ1) is 16.5. The Balaban J connectivity index is 1.19. The zero-order valence-electron chi connectivity index (χ0n) is 20.9. The van der Waals surface area contributed by atoms with Crippen LogP contribution in [0.15, 0.2) is 0 Å². The normalized spacial score (nSPS) is 27.5. The Morgan fingerprint density at radius 1 is 1.09 bits per heavy atom. The van der Waals surface area contributed by atoms with Crippen LogP contribution in [0, 0.1) is 5.41 Å².